The van der Waals surface area contributed by atoms with E-state index in [1.807, 2.05) is 19.0 Å². The molecule has 2 atom stereocenters. The Morgan fingerprint density at radius 3 is 2.85 bits per heavy atom. The zero-order chi connectivity index (χ0) is 14.7. The van der Waals surface area contributed by atoms with Gasteiger partial charge in [0.2, 0.25) is 5.89 Å². The summed E-state index contributed by atoms with van der Waals surface area (Å²) in [6.07, 6.45) is 0.407. The molecule has 0 aliphatic carbocycles. The van der Waals surface area contributed by atoms with Gasteiger partial charge in [-0.25, -0.2) is 0 Å². The van der Waals surface area contributed by atoms with E-state index in [0.717, 1.165) is 13.0 Å². The summed E-state index contributed by atoms with van der Waals surface area (Å²) < 4.78 is 5.69. The maximum absolute atomic E-state index is 9.86. The average molecular weight is 283 g/mol. The summed E-state index contributed by atoms with van der Waals surface area (Å²) in [5.41, 5.74) is 0. The predicted octanol–water partition coefficient (Wildman–Crippen LogP) is 0.0688. The Balaban J connectivity index is 2.01. The van der Waals surface area contributed by atoms with Gasteiger partial charge < -0.3 is 24.6 Å². The van der Waals surface area contributed by atoms with Crippen LogP contribution >= 0.6 is 0 Å². The average Bonchev–Trinajstić information content (AvgIpc) is 2.92. The highest BCUT2D eigenvalue weighted by atomic mass is 16.4. The molecule has 1 aliphatic rings. The van der Waals surface area contributed by atoms with Gasteiger partial charge in [0.1, 0.15) is 0 Å². The van der Waals surface area contributed by atoms with Crippen LogP contribution in [-0.2, 0) is 6.54 Å². The molecule has 1 aromatic rings. The molecule has 2 unspecified atom stereocenters. The third-order valence-electron chi connectivity index (χ3n) is 3.33. The van der Waals surface area contributed by atoms with Gasteiger partial charge in [-0.15, -0.1) is 5.10 Å². The van der Waals surface area contributed by atoms with E-state index in [0.29, 0.717) is 31.0 Å². The summed E-state index contributed by atoms with van der Waals surface area (Å²) in [5, 5.41) is 21.3. The summed E-state index contributed by atoms with van der Waals surface area (Å²) in [6.45, 7) is 6.12. The highest BCUT2D eigenvalue weighted by Crippen LogP contribution is 2.25. The molecule has 0 amide bonds. The smallest absolute Gasteiger partial charge is 0.318 e. The molecule has 20 heavy (non-hydrogen) atoms. The zero-order valence-corrected chi connectivity index (χ0v) is 12.7. The molecule has 0 bridgehead atoms. The number of aromatic nitrogens is 2. The Bertz CT molecular complexity index is 421. The molecule has 1 saturated heterocycles. The topological polar surface area (TPSA) is 77.7 Å². The summed E-state index contributed by atoms with van der Waals surface area (Å²) in [4.78, 5) is 4.11. The van der Waals surface area contributed by atoms with Crippen molar-refractivity contribution < 1.29 is 9.52 Å². The molecule has 0 saturated carbocycles. The minimum absolute atomic E-state index is 0.214. The van der Waals surface area contributed by atoms with Crippen molar-refractivity contribution in [3.63, 3.8) is 0 Å². The lowest BCUT2D eigenvalue weighted by atomic mass is 10.2. The lowest BCUT2D eigenvalue weighted by Gasteiger charge is -2.24. The number of aliphatic hydroxyl groups is 1. The quantitative estimate of drug-likeness (QED) is 0.765. The summed E-state index contributed by atoms with van der Waals surface area (Å²) in [5.74, 6) is 0.582. The number of aliphatic hydroxyl groups excluding tert-OH is 1. The predicted molar refractivity (Wildman–Crippen MR) is 76.6 cm³/mol. The van der Waals surface area contributed by atoms with E-state index in [-0.39, 0.29) is 12.1 Å². The van der Waals surface area contributed by atoms with Crippen LogP contribution < -0.4 is 10.2 Å². The van der Waals surface area contributed by atoms with E-state index in [1.165, 1.54) is 0 Å². The first kappa shape index (κ1) is 15.2. The number of β-amino-alcohol motifs (C(OH)–C–C–N with tert-alkyl or cyclic N) is 1. The van der Waals surface area contributed by atoms with Crippen molar-refractivity contribution in [3.8, 4) is 0 Å². The van der Waals surface area contributed by atoms with Gasteiger partial charge in [0, 0.05) is 25.2 Å². The third-order valence-corrected chi connectivity index (χ3v) is 3.33. The largest absolute Gasteiger partial charge is 0.407 e. The molecule has 0 radical (unpaired) electrons. The molecule has 2 rings (SSSR count). The number of hydrogen-bond donors (Lipinski definition) is 2. The maximum Gasteiger partial charge on any atom is 0.318 e. The van der Waals surface area contributed by atoms with Gasteiger partial charge in [-0.3, -0.25) is 0 Å². The minimum atomic E-state index is -0.330. The summed E-state index contributed by atoms with van der Waals surface area (Å²) in [7, 11) is 4.05. The first-order valence-corrected chi connectivity index (χ1v) is 7.11. The molecule has 0 spiro atoms. The fraction of sp³-hybridized carbons (Fsp3) is 0.846. The monoisotopic (exact) mass is 283 g/mol. The van der Waals surface area contributed by atoms with Crippen LogP contribution in [0.15, 0.2) is 4.42 Å². The van der Waals surface area contributed by atoms with E-state index >= 15 is 0 Å². The van der Waals surface area contributed by atoms with E-state index in [4.69, 9.17) is 4.42 Å². The summed E-state index contributed by atoms with van der Waals surface area (Å²) >= 11 is 0. The first-order chi connectivity index (χ1) is 9.45. The zero-order valence-electron chi connectivity index (χ0n) is 12.7. The molecule has 2 N–H and O–H groups in total. The van der Waals surface area contributed by atoms with Crippen molar-refractivity contribution in [1.82, 2.24) is 20.4 Å². The molecule has 7 nitrogen and oxygen atoms in total. The second-order valence-electron chi connectivity index (χ2n) is 5.97. The summed E-state index contributed by atoms with van der Waals surface area (Å²) in [6, 6.07) is 1.10. The number of hydrogen-bond acceptors (Lipinski definition) is 7. The molecular formula is C13H25N5O2. The fourth-order valence-electron chi connectivity index (χ4n) is 2.44. The lowest BCUT2D eigenvalue weighted by molar-refractivity contribution is 0.191. The highest BCUT2D eigenvalue weighted by Gasteiger charge is 2.34. The molecule has 1 fully saturated rings. The number of nitrogens with zero attached hydrogens (tertiary/aromatic N) is 4. The number of likely N-dealkylation sites (N-methyl/N-ethyl adjacent to an activating group) is 1. The van der Waals surface area contributed by atoms with Crippen molar-refractivity contribution in [1.29, 1.82) is 0 Å². The van der Waals surface area contributed by atoms with Gasteiger partial charge in [-0.2, -0.15) is 0 Å². The molecule has 1 aromatic heterocycles. The number of rotatable bonds is 6. The molecule has 2 heterocycles. The van der Waals surface area contributed by atoms with Crippen molar-refractivity contribution in [2.75, 3.05) is 32.1 Å². The van der Waals surface area contributed by atoms with Gasteiger partial charge in [-0.1, -0.05) is 18.9 Å². The molecule has 1 aliphatic heterocycles. The Hall–Kier alpha value is -1.18. The van der Waals surface area contributed by atoms with Crippen LogP contribution in [0, 0.1) is 0 Å². The van der Waals surface area contributed by atoms with Gasteiger partial charge in [0.15, 0.2) is 0 Å². The van der Waals surface area contributed by atoms with Crippen LogP contribution in [0.25, 0.3) is 0 Å². The van der Waals surface area contributed by atoms with E-state index in [1.54, 1.807) is 0 Å². The molecule has 7 heteroatoms. The van der Waals surface area contributed by atoms with Crippen LogP contribution in [0.5, 0.6) is 0 Å². The van der Waals surface area contributed by atoms with Gasteiger partial charge in [-0.05, 0) is 20.5 Å². The van der Waals surface area contributed by atoms with Gasteiger partial charge >= 0.3 is 6.01 Å². The van der Waals surface area contributed by atoms with Crippen molar-refractivity contribution in [2.24, 2.45) is 0 Å². The van der Waals surface area contributed by atoms with Crippen molar-refractivity contribution in [3.05, 3.63) is 5.89 Å². The Morgan fingerprint density at radius 2 is 2.20 bits per heavy atom. The standard InChI is InChI=1S/C13H25N5O2/c1-9(2)14-6-12-15-16-13(20-12)18-8-11(19)5-10(18)7-17(3)4/h9-11,14,19H,5-8H2,1-4H3. The van der Waals surface area contributed by atoms with Crippen molar-refractivity contribution >= 4 is 6.01 Å². The molecule has 0 aromatic carbocycles. The van der Waals surface area contributed by atoms with Crippen LogP contribution in [0.2, 0.25) is 0 Å². The number of anilines is 1. The van der Waals surface area contributed by atoms with Crippen LogP contribution in [0.3, 0.4) is 0 Å². The van der Waals surface area contributed by atoms with Gasteiger partial charge in [0.05, 0.1) is 12.6 Å². The van der Waals surface area contributed by atoms with Crippen LogP contribution in [0.4, 0.5) is 6.01 Å². The maximum atomic E-state index is 9.86. The molecule has 114 valence electrons. The highest BCUT2D eigenvalue weighted by molar-refractivity contribution is 5.30. The van der Waals surface area contributed by atoms with Gasteiger partial charge in [0.25, 0.3) is 0 Å². The number of nitrogens with one attached hydrogen (secondary N) is 1. The van der Waals surface area contributed by atoms with Crippen LogP contribution in [0.1, 0.15) is 26.2 Å². The van der Waals surface area contributed by atoms with E-state index < -0.39 is 0 Å². The second kappa shape index (κ2) is 6.51. The van der Waals surface area contributed by atoms with E-state index in [9.17, 15) is 5.11 Å². The lowest BCUT2D eigenvalue weighted by Crippen LogP contribution is -2.37. The third kappa shape index (κ3) is 3.91. The van der Waals surface area contributed by atoms with Crippen molar-refractivity contribution in [2.45, 2.75) is 45.0 Å². The molecular weight excluding hydrogens is 258 g/mol. The first-order valence-electron chi connectivity index (χ1n) is 7.11. The Kier molecular flexibility index (Phi) is 4.95. The minimum Gasteiger partial charge on any atom is -0.407 e. The Morgan fingerprint density at radius 1 is 1.45 bits per heavy atom. The second-order valence-corrected chi connectivity index (χ2v) is 5.97. The SMILES string of the molecule is CC(C)NCc1nnc(N2CC(O)CC2CN(C)C)o1. The van der Waals surface area contributed by atoms with E-state index in [2.05, 4.69) is 34.3 Å². The fourth-order valence-corrected chi connectivity index (χ4v) is 2.44. The van der Waals surface area contributed by atoms with Crippen LogP contribution in [-0.4, -0.2) is 65.6 Å². The Labute approximate surface area is 120 Å². The normalized spacial score (nSPS) is 23.2.